The number of anilines is 1. The van der Waals surface area contributed by atoms with Crippen LogP contribution in [0.3, 0.4) is 0 Å². The molecule has 0 bridgehead atoms. The number of hydrogen-bond donors (Lipinski definition) is 0. The number of thiazole rings is 1. The fraction of sp³-hybridized carbons (Fsp3) is 0.364. The summed E-state index contributed by atoms with van der Waals surface area (Å²) in [5.41, 5.74) is 7.33. The number of aromatic nitrogens is 1. The van der Waals surface area contributed by atoms with E-state index in [1.807, 2.05) is 40.7 Å². The highest BCUT2D eigenvalue weighted by molar-refractivity contribution is 8.00. The smallest absolute Gasteiger partial charge is 0.223 e. The van der Waals surface area contributed by atoms with Crippen molar-refractivity contribution in [2.24, 2.45) is 0 Å². The molecule has 1 unspecified atom stereocenters. The maximum atomic E-state index is 12.3. The molecule has 41 heavy (non-hydrogen) atoms. The first-order valence-electron chi connectivity index (χ1n) is 14.1. The number of amides is 1. The van der Waals surface area contributed by atoms with Gasteiger partial charge in [-0.15, -0.1) is 11.3 Å². The third kappa shape index (κ3) is 6.43. The summed E-state index contributed by atoms with van der Waals surface area (Å²) in [6.45, 7) is 4.15. The average molecular weight is 585 g/mol. The van der Waals surface area contributed by atoms with Crippen LogP contribution in [0.5, 0.6) is 5.75 Å². The Morgan fingerprint density at radius 1 is 1.20 bits per heavy atom. The summed E-state index contributed by atoms with van der Waals surface area (Å²) in [4.78, 5) is 22.1. The lowest BCUT2D eigenvalue weighted by molar-refractivity contribution is -0.116. The highest BCUT2D eigenvalue weighted by atomic mass is 32.2. The van der Waals surface area contributed by atoms with Gasteiger partial charge in [-0.25, -0.2) is 4.98 Å². The Morgan fingerprint density at radius 3 is 2.78 bits per heavy atom. The van der Waals surface area contributed by atoms with E-state index >= 15 is 0 Å². The molecule has 1 amide bonds. The number of fused-ring (bicyclic) bond motifs is 2. The Hall–Kier alpha value is -3.38. The summed E-state index contributed by atoms with van der Waals surface area (Å²) < 4.78 is 6.05. The fourth-order valence-corrected chi connectivity index (χ4v) is 7.63. The second-order valence-corrected chi connectivity index (χ2v) is 12.8. The van der Waals surface area contributed by atoms with E-state index in [4.69, 9.17) is 4.74 Å². The van der Waals surface area contributed by atoms with E-state index in [0.29, 0.717) is 0 Å². The number of hydrogen-bond acceptors (Lipinski definition) is 7. The minimum atomic E-state index is -0.689. The number of ether oxygens (including phenoxy) is 1. The van der Waals surface area contributed by atoms with Crippen molar-refractivity contribution in [1.82, 2.24) is 9.88 Å². The van der Waals surface area contributed by atoms with Gasteiger partial charge in [-0.05, 0) is 92.7 Å². The van der Waals surface area contributed by atoms with Crippen LogP contribution >= 0.6 is 23.1 Å². The topological polar surface area (TPSA) is 69.5 Å². The zero-order valence-electron chi connectivity index (χ0n) is 23.9. The molecule has 2 heterocycles. The SMILES string of the molecule is COc1ccc(CCN(C)CCCC(C#N)(Sc2ccccc2)c2ccc3ncsc3c2)c2c1N(C(C)=O)CCC2. The molecule has 0 N–H and O–H groups in total. The lowest BCUT2D eigenvalue weighted by atomic mass is 9.93. The number of benzene rings is 3. The predicted octanol–water partition coefficient (Wildman–Crippen LogP) is 7.07. The van der Waals surface area contributed by atoms with Gasteiger partial charge in [0, 0.05) is 24.9 Å². The molecule has 212 valence electrons. The number of carbonyl (C=O) groups is 1. The molecule has 6 nitrogen and oxygen atoms in total. The van der Waals surface area contributed by atoms with Gasteiger partial charge in [0.2, 0.25) is 5.91 Å². The molecule has 0 aliphatic carbocycles. The van der Waals surface area contributed by atoms with Crippen LogP contribution in [0.25, 0.3) is 10.2 Å². The molecule has 8 heteroatoms. The quantitative estimate of drug-likeness (QED) is 0.176. The zero-order chi connectivity index (χ0) is 28.8. The Balaban J connectivity index is 1.28. The van der Waals surface area contributed by atoms with E-state index < -0.39 is 4.75 Å². The van der Waals surface area contributed by atoms with Crippen LogP contribution in [0.4, 0.5) is 5.69 Å². The van der Waals surface area contributed by atoms with E-state index in [1.165, 1.54) is 11.1 Å². The molecule has 5 rings (SSSR count). The van der Waals surface area contributed by atoms with Crippen molar-refractivity contribution in [3.63, 3.8) is 0 Å². The first kappa shape index (κ1) is 29.1. The van der Waals surface area contributed by atoms with E-state index in [2.05, 4.69) is 53.3 Å². The first-order valence-corrected chi connectivity index (χ1v) is 15.8. The van der Waals surface area contributed by atoms with Crippen LogP contribution < -0.4 is 9.64 Å². The Morgan fingerprint density at radius 2 is 2.02 bits per heavy atom. The van der Waals surface area contributed by atoms with Crippen LogP contribution in [0.2, 0.25) is 0 Å². The van der Waals surface area contributed by atoms with Crippen molar-refractivity contribution in [3.05, 3.63) is 82.9 Å². The second-order valence-electron chi connectivity index (χ2n) is 10.6. The molecule has 0 saturated carbocycles. The average Bonchev–Trinajstić information content (AvgIpc) is 3.47. The second kappa shape index (κ2) is 13.1. The Kier molecular flexibility index (Phi) is 9.29. The van der Waals surface area contributed by atoms with E-state index in [9.17, 15) is 10.1 Å². The number of likely N-dealkylation sites (N-methyl/N-ethyl adjacent to an activating group) is 1. The van der Waals surface area contributed by atoms with E-state index in [1.54, 1.807) is 37.1 Å². The number of thioether (sulfide) groups is 1. The van der Waals surface area contributed by atoms with Gasteiger partial charge in [0.05, 0.1) is 34.6 Å². The van der Waals surface area contributed by atoms with Crippen LogP contribution in [0.1, 0.15) is 42.9 Å². The van der Waals surface area contributed by atoms with E-state index in [-0.39, 0.29) is 5.91 Å². The molecule has 0 radical (unpaired) electrons. The summed E-state index contributed by atoms with van der Waals surface area (Å²) in [5, 5.41) is 10.6. The lowest BCUT2D eigenvalue weighted by Crippen LogP contribution is -2.34. The van der Waals surface area contributed by atoms with E-state index in [0.717, 1.165) is 83.9 Å². The molecule has 1 aromatic heterocycles. The molecular formula is C33H36N4O2S2. The lowest BCUT2D eigenvalue weighted by Gasteiger charge is -2.32. The Labute approximate surface area is 251 Å². The molecule has 1 atom stereocenters. The number of nitrogens with zero attached hydrogens (tertiary/aromatic N) is 4. The minimum absolute atomic E-state index is 0.0577. The van der Waals surface area contributed by atoms with Crippen LogP contribution in [0.15, 0.2) is 71.1 Å². The summed E-state index contributed by atoms with van der Waals surface area (Å²) >= 11 is 3.26. The maximum Gasteiger partial charge on any atom is 0.223 e. The van der Waals surface area contributed by atoms with Gasteiger partial charge < -0.3 is 14.5 Å². The summed E-state index contributed by atoms with van der Waals surface area (Å²) in [5.74, 6) is 0.828. The number of methoxy groups -OCH3 is 1. The normalized spacial score (nSPS) is 14.5. The number of carbonyl (C=O) groups excluding carboxylic acids is 1. The van der Waals surface area contributed by atoms with Crippen molar-refractivity contribution in [1.29, 1.82) is 5.26 Å². The van der Waals surface area contributed by atoms with Crippen molar-refractivity contribution < 1.29 is 9.53 Å². The minimum Gasteiger partial charge on any atom is -0.495 e. The fourth-order valence-electron chi connectivity index (χ4n) is 5.69. The van der Waals surface area contributed by atoms with Gasteiger partial charge in [-0.2, -0.15) is 5.26 Å². The van der Waals surface area contributed by atoms with Crippen LogP contribution in [0, 0.1) is 11.3 Å². The summed E-state index contributed by atoms with van der Waals surface area (Å²) in [6.07, 6.45) is 4.46. The standard InChI is InChI=1S/C33H36N4O2S2/c1-24(38)37-19-7-11-28-25(12-15-30(39-3)32(28)37)16-20-36(2)18-8-17-33(22-34,41-27-9-5-4-6-10-27)26-13-14-29-31(21-26)40-23-35-29/h4-6,9-10,12-15,21,23H,7-8,11,16-20H2,1-3H3. The van der Waals surface area contributed by atoms with Crippen molar-refractivity contribution in [2.45, 2.75) is 48.7 Å². The molecule has 0 saturated heterocycles. The molecule has 0 spiro atoms. The molecule has 1 aliphatic heterocycles. The molecule has 3 aromatic carbocycles. The van der Waals surface area contributed by atoms with Gasteiger partial charge in [-0.3, -0.25) is 4.79 Å². The Bertz CT molecular complexity index is 1550. The van der Waals surface area contributed by atoms with Gasteiger partial charge in [0.1, 0.15) is 10.5 Å². The maximum absolute atomic E-state index is 12.3. The van der Waals surface area contributed by atoms with Gasteiger partial charge in [0.25, 0.3) is 0 Å². The van der Waals surface area contributed by atoms with Crippen molar-refractivity contribution in [2.75, 3.05) is 38.7 Å². The van der Waals surface area contributed by atoms with Crippen molar-refractivity contribution >= 4 is 44.9 Å². The summed E-state index contributed by atoms with van der Waals surface area (Å²) in [6, 6.07) is 23.3. The zero-order valence-corrected chi connectivity index (χ0v) is 25.6. The largest absolute Gasteiger partial charge is 0.495 e. The van der Waals surface area contributed by atoms with Gasteiger partial charge in [0.15, 0.2) is 0 Å². The summed E-state index contributed by atoms with van der Waals surface area (Å²) in [7, 11) is 3.82. The van der Waals surface area contributed by atoms with Crippen LogP contribution in [-0.2, 0) is 22.4 Å². The van der Waals surface area contributed by atoms with Crippen LogP contribution in [-0.4, -0.2) is 49.6 Å². The van der Waals surface area contributed by atoms with Gasteiger partial charge >= 0.3 is 0 Å². The number of rotatable bonds is 11. The predicted molar refractivity (Wildman–Crippen MR) is 169 cm³/mol. The van der Waals surface area contributed by atoms with Gasteiger partial charge in [-0.1, -0.05) is 42.1 Å². The highest BCUT2D eigenvalue weighted by Gasteiger charge is 2.34. The highest BCUT2D eigenvalue weighted by Crippen LogP contribution is 2.45. The first-order chi connectivity index (χ1) is 19.9. The number of nitriles is 1. The molecule has 0 fully saturated rings. The van der Waals surface area contributed by atoms with Crippen molar-refractivity contribution in [3.8, 4) is 11.8 Å². The third-order valence-electron chi connectivity index (χ3n) is 7.87. The molecule has 1 aliphatic rings. The molecule has 4 aromatic rings. The monoisotopic (exact) mass is 584 g/mol. The third-order valence-corrected chi connectivity index (χ3v) is 10.0. The molecular weight excluding hydrogens is 549 g/mol.